The molecule has 0 N–H and O–H groups in total. The summed E-state index contributed by atoms with van der Waals surface area (Å²) >= 11 is 6.12. The van der Waals surface area contributed by atoms with E-state index in [1.165, 1.54) is 6.20 Å². The first-order valence-corrected chi connectivity index (χ1v) is 6.39. The summed E-state index contributed by atoms with van der Waals surface area (Å²) in [6.45, 7) is 0. The molecule has 0 spiro atoms. The largest absolute Gasteiger partial charge is 0.272 e. The Labute approximate surface area is 120 Å². The van der Waals surface area contributed by atoms with Crippen molar-refractivity contribution in [3.05, 3.63) is 47.7 Å². The fraction of sp³-hybridized carbons (Fsp3) is 0.143. The van der Waals surface area contributed by atoms with E-state index in [1.807, 2.05) is 36.4 Å². The zero-order chi connectivity index (χ0) is 14.1. The lowest BCUT2D eigenvalue weighted by atomic mass is 9.98. The van der Waals surface area contributed by atoms with Gasteiger partial charge in [0, 0.05) is 0 Å². The summed E-state index contributed by atoms with van der Waals surface area (Å²) in [5.41, 5.74) is 1.24. The number of carbonyl (C=O) groups is 1. The molecule has 0 amide bonds. The first kappa shape index (κ1) is 12.6. The Hall–Kier alpha value is -2.45. The number of aromatic nitrogens is 2. The fourth-order valence-corrected chi connectivity index (χ4v) is 2.39. The molecule has 1 aromatic carbocycles. The van der Waals surface area contributed by atoms with E-state index >= 15 is 0 Å². The quantitative estimate of drug-likeness (QED) is 0.851. The zero-order valence-electron chi connectivity index (χ0n) is 10.3. The molecule has 2 aromatic rings. The first-order valence-electron chi connectivity index (χ1n) is 6.01. The molecular formula is C14H9ClN4O. The number of aliphatic imine (C=N–C) groups is 1. The molecule has 5 nitrogen and oxygen atoms in total. The molecule has 98 valence electrons. The van der Waals surface area contributed by atoms with E-state index in [1.54, 1.807) is 0 Å². The molecule has 1 aromatic heterocycles. The lowest BCUT2D eigenvalue weighted by Gasteiger charge is -2.19. The Morgan fingerprint density at radius 1 is 1.35 bits per heavy atom. The summed E-state index contributed by atoms with van der Waals surface area (Å²) in [6, 6.07) is 11.5. The van der Waals surface area contributed by atoms with E-state index in [0.717, 1.165) is 10.2 Å². The minimum Gasteiger partial charge on any atom is -0.272 e. The highest BCUT2D eigenvalue weighted by Gasteiger charge is 2.32. The molecular weight excluding hydrogens is 276 g/mol. The maximum absolute atomic E-state index is 12.4. The van der Waals surface area contributed by atoms with Crippen molar-refractivity contribution in [2.24, 2.45) is 10.9 Å². The summed E-state index contributed by atoms with van der Waals surface area (Å²) in [5, 5.41) is 13.0. The first-order chi connectivity index (χ1) is 9.70. The number of nitrogens with zero attached hydrogens (tertiary/aromatic N) is 4. The Morgan fingerprint density at radius 3 is 2.80 bits per heavy atom. The summed E-state index contributed by atoms with van der Waals surface area (Å²) in [5.74, 6) is -0.602. The number of hydrogen-bond acceptors (Lipinski definition) is 4. The molecule has 20 heavy (non-hydrogen) atoms. The molecule has 2 heterocycles. The van der Waals surface area contributed by atoms with Crippen LogP contribution < -0.4 is 0 Å². The monoisotopic (exact) mass is 284 g/mol. The van der Waals surface area contributed by atoms with Gasteiger partial charge >= 0.3 is 0 Å². The molecule has 1 aliphatic rings. The average Bonchev–Trinajstić information content (AvgIpc) is 2.87. The standard InChI is InChI=1S/C14H9ClN4O/c15-12-11(6-9-4-2-1-3-5-9)14(20)19-13(18-12)10(7-16)8-17-19/h1-5,8,11H,6H2. The normalized spacial score (nSPS) is 17.3. The van der Waals surface area contributed by atoms with Crippen LogP contribution in [0.4, 0.5) is 5.82 Å². The van der Waals surface area contributed by atoms with E-state index in [-0.39, 0.29) is 22.5 Å². The summed E-state index contributed by atoms with van der Waals surface area (Å²) in [7, 11) is 0. The second kappa shape index (κ2) is 4.91. The lowest BCUT2D eigenvalue weighted by molar-refractivity contribution is 0.0854. The average molecular weight is 285 g/mol. The predicted octanol–water partition coefficient (Wildman–Crippen LogP) is 2.54. The molecule has 1 aliphatic heterocycles. The van der Waals surface area contributed by atoms with Gasteiger partial charge < -0.3 is 0 Å². The molecule has 6 heteroatoms. The molecule has 1 unspecified atom stereocenters. The van der Waals surface area contributed by atoms with Crippen molar-refractivity contribution >= 4 is 28.5 Å². The third kappa shape index (κ3) is 2.00. The summed E-state index contributed by atoms with van der Waals surface area (Å²) < 4.78 is 1.15. The van der Waals surface area contributed by atoms with Gasteiger partial charge in [-0.15, -0.1) is 0 Å². The zero-order valence-corrected chi connectivity index (χ0v) is 11.1. The van der Waals surface area contributed by atoms with Crippen LogP contribution in [0.3, 0.4) is 0 Å². The molecule has 0 bridgehead atoms. The topological polar surface area (TPSA) is 71.0 Å². The minimum atomic E-state index is -0.557. The lowest BCUT2D eigenvalue weighted by Crippen LogP contribution is -2.32. The van der Waals surface area contributed by atoms with Crippen molar-refractivity contribution in [3.8, 4) is 6.07 Å². The number of halogens is 1. The smallest absolute Gasteiger partial charge is 0.259 e. The second-order valence-electron chi connectivity index (χ2n) is 4.42. The van der Waals surface area contributed by atoms with Gasteiger partial charge in [-0.3, -0.25) is 4.79 Å². The van der Waals surface area contributed by atoms with Crippen LogP contribution in [0.5, 0.6) is 0 Å². The molecule has 3 rings (SSSR count). The van der Waals surface area contributed by atoms with Crippen LogP contribution in [0, 0.1) is 17.2 Å². The van der Waals surface area contributed by atoms with Crippen molar-refractivity contribution < 1.29 is 4.79 Å². The maximum atomic E-state index is 12.4. The Bertz CT molecular complexity index is 742. The van der Waals surface area contributed by atoms with Crippen molar-refractivity contribution in [3.63, 3.8) is 0 Å². The van der Waals surface area contributed by atoms with E-state index in [0.29, 0.717) is 6.42 Å². The van der Waals surface area contributed by atoms with Gasteiger partial charge in [-0.25, -0.2) is 4.99 Å². The van der Waals surface area contributed by atoms with Crippen molar-refractivity contribution in [1.29, 1.82) is 5.26 Å². The number of hydrogen-bond donors (Lipinski definition) is 0. The van der Waals surface area contributed by atoms with Gasteiger partial charge in [0.2, 0.25) is 0 Å². The van der Waals surface area contributed by atoms with Gasteiger partial charge in [-0.2, -0.15) is 15.0 Å². The number of rotatable bonds is 2. The molecule has 0 aliphatic carbocycles. The number of nitriles is 1. The van der Waals surface area contributed by atoms with E-state index in [9.17, 15) is 4.79 Å². The Morgan fingerprint density at radius 2 is 2.10 bits per heavy atom. The van der Waals surface area contributed by atoms with Gasteiger partial charge in [0.15, 0.2) is 5.82 Å². The SMILES string of the molecule is N#Cc1cnn2c1N=C(Cl)C(Cc1ccccc1)C2=O. The van der Waals surface area contributed by atoms with Crippen LogP contribution in [-0.4, -0.2) is 20.9 Å². The van der Waals surface area contributed by atoms with Gasteiger partial charge in [-0.05, 0) is 12.0 Å². The van der Waals surface area contributed by atoms with Gasteiger partial charge in [0.25, 0.3) is 5.91 Å². The predicted molar refractivity (Wildman–Crippen MR) is 74.2 cm³/mol. The minimum absolute atomic E-state index is 0.198. The highest BCUT2D eigenvalue weighted by molar-refractivity contribution is 6.68. The molecule has 0 radical (unpaired) electrons. The Kier molecular flexibility index (Phi) is 3.09. The highest BCUT2D eigenvalue weighted by atomic mass is 35.5. The number of benzene rings is 1. The second-order valence-corrected chi connectivity index (χ2v) is 4.81. The summed E-state index contributed by atoms with van der Waals surface area (Å²) in [6.07, 6.45) is 1.79. The van der Waals surface area contributed by atoms with E-state index in [2.05, 4.69) is 10.1 Å². The molecule has 0 fully saturated rings. The third-order valence-electron chi connectivity index (χ3n) is 3.15. The van der Waals surface area contributed by atoms with Gasteiger partial charge in [0.05, 0.1) is 12.1 Å². The van der Waals surface area contributed by atoms with Gasteiger partial charge in [0.1, 0.15) is 16.8 Å². The van der Waals surface area contributed by atoms with Crippen LogP contribution in [0.2, 0.25) is 0 Å². The molecule has 0 saturated heterocycles. The molecule has 0 saturated carbocycles. The highest BCUT2D eigenvalue weighted by Crippen LogP contribution is 2.28. The van der Waals surface area contributed by atoms with Crippen molar-refractivity contribution in [1.82, 2.24) is 9.78 Å². The van der Waals surface area contributed by atoms with E-state index in [4.69, 9.17) is 16.9 Å². The van der Waals surface area contributed by atoms with Crippen LogP contribution in [-0.2, 0) is 6.42 Å². The third-order valence-corrected chi connectivity index (χ3v) is 3.50. The molecule has 1 atom stereocenters. The maximum Gasteiger partial charge on any atom is 0.259 e. The van der Waals surface area contributed by atoms with Crippen LogP contribution in [0.25, 0.3) is 0 Å². The van der Waals surface area contributed by atoms with Crippen LogP contribution in [0.15, 0.2) is 41.5 Å². The number of carbonyl (C=O) groups excluding carboxylic acids is 1. The van der Waals surface area contributed by atoms with Crippen LogP contribution >= 0.6 is 11.6 Å². The van der Waals surface area contributed by atoms with Crippen molar-refractivity contribution in [2.75, 3.05) is 0 Å². The van der Waals surface area contributed by atoms with Crippen LogP contribution in [0.1, 0.15) is 15.9 Å². The number of fused-ring (bicyclic) bond motifs is 1. The fourth-order valence-electron chi connectivity index (χ4n) is 2.14. The van der Waals surface area contributed by atoms with Gasteiger partial charge in [-0.1, -0.05) is 41.9 Å². The van der Waals surface area contributed by atoms with Crippen molar-refractivity contribution in [2.45, 2.75) is 6.42 Å². The van der Waals surface area contributed by atoms with E-state index < -0.39 is 5.92 Å². The Balaban J connectivity index is 1.97. The summed E-state index contributed by atoms with van der Waals surface area (Å²) in [4.78, 5) is 16.5.